The molecule has 1 fully saturated rings. The van der Waals surface area contributed by atoms with Crippen molar-refractivity contribution in [1.29, 1.82) is 0 Å². The Labute approximate surface area is 81.9 Å². The number of hydrogen-bond acceptors (Lipinski definition) is 3. The lowest BCUT2D eigenvalue weighted by molar-refractivity contribution is -0.148. The summed E-state index contributed by atoms with van der Waals surface area (Å²) in [6.45, 7) is 1.00. The Morgan fingerprint density at radius 3 is 2.79 bits per heavy atom. The highest BCUT2D eigenvalue weighted by Gasteiger charge is 2.43. The maximum absolute atomic E-state index is 10.9. The maximum Gasteiger partial charge on any atom is 0.323 e. The third-order valence-corrected chi connectivity index (χ3v) is 2.58. The van der Waals surface area contributed by atoms with Gasteiger partial charge in [-0.25, -0.2) is 0 Å². The highest BCUT2D eigenvalue weighted by atomic mass is 16.4. The van der Waals surface area contributed by atoms with Crippen LogP contribution in [0.1, 0.15) is 25.7 Å². The molecular weight excluding hydrogens is 184 g/mol. The van der Waals surface area contributed by atoms with Gasteiger partial charge in [0.2, 0.25) is 0 Å². The van der Waals surface area contributed by atoms with Gasteiger partial charge < -0.3 is 10.4 Å². The van der Waals surface area contributed by atoms with Gasteiger partial charge >= 0.3 is 5.97 Å². The first-order valence-electron chi connectivity index (χ1n) is 4.70. The van der Waals surface area contributed by atoms with E-state index in [0.717, 1.165) is 6.42 Å². The van der Waals surface area contributed by atoms with E-state index in [-0.39, 0.29) is 0 Å². The highest BCUT2D eigenvalue weighted by molar-refractivity contribution is 5.79. The lowest BCUT2D eigenvalue weighted by atomic mass is 9.77. The van der Waals surface area contributed by atoms with Crippen LogP contribution < -0.4 is 5.32 Å². The van der Waals surface area contributed by atoms with Gasteiger partial charge in [0.05, 0.1) is 0 Å². The van der Waals surface area contributed by atoms with E-state index in [9.17, 15) is 4.79 Å². The van der Waals surface area contributed by atoms with Crippen molar-refractivity contribution in [2.75, 3.05) is 13.1 Å². The van der Waals surface area contributed by atoms with Crippen molar-refractivity contribution >= 4 is 5.97 Å². The topological polar surface area (TPSA) is 98.1 Å². The quantitative estimate of drug-likeness (QED) is 0.291. The van der Waals surface area contributed by atoms with Crippen LogP contribution in [0.5, 0.6) is 0 Å². The molecule has 0 unspecified atom stereocenters. The lowest BCUT2D eigenvalue weighted by Gasteiger charge is -2.38. The Kier molecular flexibility index (Phi) is 3.73. The molecule has 0 aliphatic heterocycles. The van der Waals surface area contributed by atoms with E-state index in [1.807, 2.05) is 0 Å². The largest absolute Gasteiger partial charge is 0.480 e. The van der Waals surface area contributed by atoms with Gasteiger partial charge in [-0.1, -0.05) is 5.11 Å². The van der Waals surface area contributed by atoms with Gasteiger partial charge in [0.15, 0.2) is 0 Å². The van der Waals surface area contributed by atoms with Gasteiger partial charge in [0.1, 0.15) is 5.54 Å². The van der Waals surface area contributed by atoms with E-state index in [4.69, 9.17) is 10.6 Å². The molecule has 0 aromatic rings. The van der Waals surface area contributed by atoms with Gasteiger partial charge in [-0.3, -0.25) is 4.79 Å². The number of nitrogens with one attached hydrogen (secondary N) is 1. The maximum atomic E-state index is 10.9. The zero-order valence-corrected chi connectivity index (χ0v) is 7.94. The Hall–Kier alpha value is -1.26. The van der Waals surface area contributed by atoms with Crippen molar-refractivity contribution in [3.8, 4) is 0 Å². The van der Waals surface area contributed by atoms with Crippen LogP contribution in [0.2, 0.25) is 0 Å². The predicted octanol–water partition coefficient (Wildman–Crippen LogP) is 1.28. The second kappa shape index (κ2) is 4.83. The number of hydrogen-bond donors (Lipinski definition) is 2. The van der Waals surface area contributed by atoms with Crippen molar-refractivity contribution < 1.29 is 9.90 Å². The molecule has 0 aromatic heterocycles. The fourth-order valence-electron chi connectivity index (χ4n) is 1.52. The number of carboxylic acids is 1. The summed E-state index contributed by atoms with van der Waals surface area (Å²) in [6, 6.07) is 0. The molecule has 6 heteroatoms. The number of nitrogens with zero attached hydrogens (tertiary/aromatic N) is 3. The summed E-state index contributed by atoms with van der Waals surface area (Å²) in [5.41, 5.74) is 7.32. The van der Waals surface area contributed by atoms with Crippen LogP contribution in [-0.2, 0) is 4.79 Å². The van der Waals surface area contributed by atoms with Crippen molar-refractivity contribution in [3.63, 3.8) is 0 Å². The molecule has 0 saturated heterocycles. The van der Waals surface area contributed by atoms with Crippen LogP contribution in [0.3, 0.4) is 0 Å². The number of carbonyl (C=O) groups is 1. The normalized spacial score (nSPS) is 18.0. The molecule has 1 aliphatic carbocycles. The van der Waals surface area contributed by atoms with Crippen LogP contribution in [0.25, 0.3) is 10.4 Å². The Morgan fingerprint density at radius 2 is 2.36 bits per heavy atom. The molecule has 2 N–H and O–H groups in total. The monoisotopic (exact) mass is 198 g/mol. The molecule has 0 amide bonds. The summed E-state index contributed by atoms with van der Waals surface area (Å²) in [7, 11) is 0. The highest BCUT2D eigenvalue weighted by Crippen LogP contribution is 2.31. The van der Waals surface area contributed by atoms with Crippen molar-refractivity contribution in [1.82, 2.24) is 5.32 Å². The molecule has 0 radical (unpaired) electrons. The van der Waals surface area contributed by atoms with Crippen LogP contribution >= 0.6 is 0 Å². The molecule has 6 nitrogen and oxygen atoms in total. The fraction of sp³-hybridized carbons (Fsp3) is 0.875. The van der Waals surface area contributed by atoms with Crippen molar-refractivity contribution in [2.24, 2.45) is 5.11 Å². The van der Waals surface area contributed by atoms with E-state index in [2.05, 4.69) is 15.3 Å². The van der Waals surface area contributed by atoms with E-state index < -0.39 is 11.5 Å². The zero-order chi connectivity index (χ0) is 10.4. The molecule has 1 saturated carbocycles. The van der Waals surface area contributed by atoms with Crippen molar-refractivity contribution in [2.45, 2.75) is 31.2 Å². The number of carboxylic acid groups (broad SMARTS) is 1. The minimum Gasteiger partial charge on any atom is -0.480 e. The van der Waals surface area contributed by atoms with Gasteiger partial charge in [0, 0.05) is 11.5 Å². The van der Waals surface area contributed by atoms with E-state index in [1.165, 1.54) is 0 Å². The predicted molar refractivity (Wildman–Crippen MR) is 50.9 cm³/mol. The molecule has 0 atom stereocenters. The Balaban J connectivity index is 2.22. The van der Waals surface area contributed by atoms with E-state index in [1.54, 1.807) is 0 Å². The molecule has 0 aromatic carbocycles. The molecule has 0 heterocycles. The molecule has 1 aliphatic rings. The summed E-state index contributed by atoms with van der Waals surface area (Å²) < 4.78 is 0. The lowest BCUT2D eigenvalue weighted by Crippen LogP contribution is -2.57. The number of azide groups is 1. The Morgan fingerprint density at radius 1 is 1.64 bits per heavy atom. The minimum absolute atomic E-state index is 0.416. The van der Waals surface area contributed by atoms with Crippen LogP contribution in [0.15, 0.2) is 5.11 Å². The second-order valence-electron chi connectivity index (χ2n) is 3.48. The summed E-state index contributed by atoms with van der Waals surface area (Å²) >= 11 is 0. The molecular formula is C8H14N4O2. The summed E-state index contributed by atoms with van der Waals surface area (Å²) in [5.74, 6) is -0.771. The minimum atomic E-state index is -0.771. The standard InChI is InChI=1S/C8H14N4O2/c9-12-11-6-2-5-10-8(7(13)14)3-1-4-8/h10H,1-6H2,(H,13,14). The third kappa shape index (κ3) is 2.37. The summed E-state index contributed by atoms with van der Waals surface area (Å²) in [5, 5.41) is 15.3. The zero-order valence-electron chi connectivity index (χ0n) is 7.94. The van der Waals surface area contributed by atoms with E-state index >= 15 is 0 Å². The van der Waals surface area contributed by atoms with Gasteiger partial charge in [-0.05, 0) is 37.8 Å². The average molecular weight is 198 g/mol. The first-order valence-corrected chi connectivity index (χ1v) is 4.70. The van der Waals surface area contributed by atoms with Gasteiger partial charge in [-0.2, -0.15) is 0 Å². The molecule has 14 heavy (non-hydrogen) atoms. The molecule has 1 rings (SSSR count). The molecule has 78 valence electrons. The number of aliphatic carboxylic acids is 1. The first kappa shape index (κ1) is 10.8. The number of rotatable bonds is 6. The van der Waals surface area contributed by atoms with Crippen LogP contribution in [-0.4, -0.2) is 29.7 Å². The second-order valence-corrected chi connectivity index (χ2v) is 3.48. The average Bonchev–Trinajstić information content (AvgIpc) is 2.07. The molecule has 0 spiro atoms. The van der Waals surface area contributed by atoms with Crippen LogP contribution in [0, 0.1) is 0 Å². The Bertz CT molecular complexity index is 256. The van der Waals surface area contributed by atoms with Gasteiger partial charge in [0.25, 0.3) is 0 Å². The third-order valence-electron chi connectivity index (χ3n) is 2.58. The first-order chi connectivity index (χ1) is 6.71. The van der Waals surface area contributed by atoms with Gasteiger partial charge in [-0.15, -0.1) is 0 Å². The SMILES string of the molecule is [N-]=[N+]=NCCCNC1(C(=O)O)CCC1. The van der Waals surface area contributed by atoms with Crippen molar-refractivity contribution in [3.05, 3.63) is 10.4 Å². The van der Waals surface area contributed by atoms with E-state index in [0.29, 0.717) is 32.4 Å². The summed E-state index contributed by atoms with van der Waals surface area (Å²) in [4.78, 5) is 13.5. The smallest absolute Gasteiger partial charge is 0.323 e. The molecule has 0 bridgehead atoms. The summed E-state index contributed by atoms with van der Waals surface area (Å²) in [6.07, 6.45) is 3.04. The van der Waals surface area contributed by atoms with Crippen LogP contribution in [0.4, 0.5) is 0 Å². The fourth-order valence-corrected chi connectivity index (χ4v) is 1.52.